The summed E-state index contributed by atoms with van der Waals surface area (Å²) in [5, 5.41) is 8.18. The molecule has 2 aliphatic carbocycles. The Hall–Kier alpha value is -3.83. The molecule has 1 heterocycles. The van der Waals surface area contributed by atoms with E-state index >= 15 is 0 Å². The Morgan fingerprint density at radius 3 is 2.11 bits per heavy atom. The summed E-state index contributed by atoms with van der Waals surface area (Å²) in [6, 6.07) is 0.327. The van der Waals surface area contributed by atoms with E-state index in [1.807, 2.05) is 13.8 Å². The number of nitrogens with one attached hydrogen (secondary N) is 3. The molecular weight excluding hydrogens is 581 g/mol. The van der Waals surface area contributed by atoms with Gasteiger partial charge in [-0.15, -0.1) is 0 Å². The predicted molar refractivity (Wildman–Crippen MR) is 164 cm³/mol. The van der Waals surface area contributed by atoms with Gasteiger partial charge in [0.1, 0.15) is 17.9 Å². The molecule has 2 saturated carbocycles. The molecular formula is C33H46FN5O6. The van der Waals surface area contributed by atoms with Crippen LogP contribution in [0.5, 0.6) is 0 Å². The van der Waals surface area contributed by atoms with E-state index in [2.05, 4.69) is 16.0 Å². The Morgan fingerprint density at radius 1 is 1.00 bits per heavy atom. The first-order valence-electron chi connectivity index (χ1n) is 15.7. The molecule has 1 unspecified atom stereocenters. The number of halogens is 1. The van der Waals surface area contributed by atoms with Crippen molar-refractivity contribution >= 4 is 35.3 Å². The van der Waals surface area contributed by atoms with Crippen molar-refractivity contribution in [2.24, 2.45) is 40.2 Å². The van der Waals surface area contributed by atoms with Crippen LogP contribution in [0, 0.1) is 40.3 Å². The highest BCUT2D eigenvalue weighted by atomic mass is 19.1. The van der Waals surface area contributed by atoms with Crippen molar-refractivity contribution in [3.63, 3.8) is 0 Å². The van der Waals surface area contributed by atoms with Crippen LogP contribution in [0.1, 0.15) is 78.1 Å². The van der Waals surface area contributed by atoms with Gasteiger partial charge in [-0.3, -0.25) is 24.0 Å². The smallest absolute Gasteiger partial charge is 0.316 e. The van der Waals surface area contributed by atoms with Crippen molar-refractivity contribution in [1.29, 1.82) is 0 Å². The molecule has 6 atom stereocenters. The second-order valence-corrected chi connectivity index (χ2v) is 14.9. The highest BCUT2D eigenvalue weighted by Crippen LogP contribution is 2.65. The molecule has 3 aliphatic rings. The molecule has 11 nitrogen and oxygen atoms in total. The topological polar surface area (TPSA) is 168 Å². The Balaban J connectivity index is 1.53. The average molecular weight is 628 g/mol. The van der Waals surface area contributed by atoms with Crippen molar-refractivity contribution in [2.75, 3.05) is 6.54 Å². The molecule has 0 radical (unpaired) electrons. The third-order valence-corrected chi connectivity index (χ3v) is 9.65. The number of likely N-dealkylation sites (tertiary alicyclic amines) is 1. The summed E-state index contributed by atoms with van der Waals surface area (Å²) in [6.07, 6.45) is 2.11. The molecule has 0 bridgehead atoms. The van der Waals surface area contributed by atoms with E-state index in [1.165, 1.54) is 29.2 Å². The summed E-state index contributed by atoms with van der Waals surface area (Å²) in [6.45, 7) is 13.2. The summed E-state index contributed by atoms with van der Waals surface area (Å²) in [4.78, 5) is 80.3. The van der Waals surface area contributed by atoms with Crippen LogP contribution in [0.3, 0.4) is 0 Å². The highest BCUT2D eigenvalue weighted by molar-refractivity contribution is 6.37. The first-order valence-corrected chi connectivity index (χ1v) is 15.7. The first kappa shape index (κ1) is 34.1. The van der Waals surface area contributed by atoms with E-state index in [-0.39, 0.29) is 34.7 Å². The Kier molecular flexibility index (Phi) is 9.47. The van der Waals surface area contributed by atoms with Gasteiger partial charge >= 0.3 is 6.03 Å². The molecule has 0 aromatic heterocycles. The van der Waals surface area contributed by atoms with Crippen molar-refractivity contribution < 1.29 is 33.2 Å². The Morgan fingerprint density at radius 2 is 1.60 bits per heavy atom. The van der Waals surface area contributed by atoms with Crippen LogP contribution in [-0.4, -0.2) is 70.9 Å². The molecule has 45 heavy (non-hydrogen) atoms. The lowest BCUT2D eigenvalue weighted by Crippen LogP contribution is -2.62. The summed E-state index contributed by atoms with van der Waals surface area (Å²) in [5.41, 5.74) is 4.51. The van der Waals surface area contributed by atoms with E-state index < -0.39 is 70.7 Å². The first-order chi connectivity index (χ1) is 20.8. The SMILES string of the molecule is CC(C)[C@H](NC(=O)N[C@H](C(=O)N1C[C@H]2[C@@H]([C@H]1C(=O)NC(CC1CC1)C(=O)C(N)=O)C2(C)C)C(C)(C)C)C(=O)c1ccc(F)cc1. The number of benzene rings is 1. The number of hydrogen-bond acceptors (Lipinski definition) is 6. The van der Waals surface area contributed by atoms with Crippen LogP contribution in [-0.2, 0) is 19.2 Å². The normalized spacial score (nSPS) is 23.8. The second kappa shape index (κ2) is 12.5. The van der Waals surface area contributed by atoms with Gasteiger partial charge in [0.2, 0.25) is 17.6 Å². The van der Waals surface area contributed by atoms with Gasteiger partial charge in [0, 0.05) is 12.1 Å². The van der Waals surface area contributed by atoms with Gasteiger partial charge in [-0.1, -0.05) is 61.3 Å². The predicted octanol–water partition coefficient (Wildman–Crippen LogP) is 2.57. The third-order valence-electron chi connectivity index (χ3n) is 9.65. The fourth-order valence-electron chi connectivity index (χ4n) is 6.62. The van der Waals surface area contributed by atoms with Crippen molar-refractivity contribution in [2.45, 2.75) is 91.9 Å². The van der Waals surface area contributed by atoms with Gasteiger partial charge in [0.05, 0.1) is 12.1 Å². The molecule has 5 N–H and O–H groups in total. The highest BCUT2D eigenvalue weighted by Gasteiger charge is 2.70. The van der Waals surface area contributed by atoms with Crippen LogP contribution in [0.25, 0.3) is 0 Å². The number of rotatable bonds is 12. The van der Waals surface area contributed by atoms with E-state index in [0.29, 0.717) is 13.0 Å². The van der Waals surface area contributed by atoms with Crippen LogP contribution >= 0.6 is 0 Å². The number of carbonyl (C=O) groups is 6. The third kappa shape index (κ3) is 7.36. The van der Waals surface area contributed by atoms with Crippen LogP contribution < -0.4 is 21.7 Å². The van der Waals surface area contributed by atoms with E-state index in [1.54, 1.807) is 34.6 Å². The largest absolute Gasteiger partial charge is 0.363 e. The van der Waals surface area contributed by atoms with E-state index in [0.717, 1.165) is 12.8 Å². The van der Waals surface area contributed by atoms with Crippen molar-refractivity contribution in [3.8, 4) is 0 Å². The van der Waals surface area contributed by atoms with Gasteiger partial charge in [-0.05, 0) is 65.2 Å². The maximum absolute atomic E-state index is 14.2. The van der Waals surface area contributed by atoms with Crippen LogP contribution in [0.15, 0.2) is 24.3 Å². The molecule has 246 valence electrons. The summed E-state index contributed by atoms with van der Waals surface area (Å²) in [5.74, 6) is -4.08. The summed E-state index contributed by atoms with van der Waals surface area (Å²) in [7, 11) is 0. The van der Waals surface area contributed by atoms with E-state index in [4.69, 9.17) is 5.73 Å². The molecule has 1 aliphatic heterocycles. The number of urea groups is 1. The standard InChI is InChI=1S/C33H46FN5O6/c1-16(2)23(25(40)18-10-12-19(34)13-11-18)37-31(45)38-27(32(3,4)5)30(44)39-15-20-22(33(20,6)7)24(39)29(43)36-21(14-17-8-9-17)26(41)28(35)42/h10-13,16-17,20-24,27H,8-9,14-15H2,1-7H3,(H2,35,42)(H,36,43)(H2,37,38,45)/t20-,21?,22-,23-,24-,27+/m0/s1. The van der Waals surface area contributed by atoms with Crippen molar-refractivity contribution in [3.05, 3.63) is 35.6 Å². The minimum atomic E-state index is -1.12. The minimum absolute atomic E-state index is 0.0408. The maximum Gasteiger partial charge on any atom is 0.316 e. The number of fused-ring (bicyclic) bond motifs is 1. The molecule has 3 fully saturated rings. The Bertz CT molecular complexity index is 1370. The zero-order chi connectivity index (χ0) is 33.6. The summed E-state index contributed by atoms with van der Waals surface area (Å²) >= 11 is 0. The number of nitrogens with zero attached hydrogens (tertiary/aromatic N) is 1. The maximum atomic E-state index is 14.2. The Labute approximate surface area is 263 Å². The van der Waals surface area contributed by atoms with Gasteiger partial charge in [-0.25, -0.2) is 9.18 Å². The number of nitrogens with two attached hydrogens (primary N) is 1. The van der Waals surface area contributed by atoms with Gasteiger partial charge in [-0.2, -0.15) is 0 Å². The zero-order valence-corrected chi connectivity index (χ0v) is 27.1. The fraction of sp³-hybridized carbons (Fsp3) is 0.636. The van der Waals surface area contributed by atoms with E-state index in [9.17, 15) is 33.2 Å². The van der Waals surface area contributed by atoms with Crippen LogP contribution in [0.2, 0.25) is 0 Å². The molecule has 1 aromatic carbocycles. The number of piperidine rings is 1. The fourth-order valence-corrected chi connectivity index (χ4v) is 6.62. The lowest BCUT2D eigenvalue weighted by Gasteiger charge is -2.38. The molecule has 5 amide bonds. The molecule has 4 rings (SSSR count). The van der Waals surface area contributed by atoms with Gasteiger partial charge in [0.25, 0.3) is 5.91 Å². The number of primary amides is 1. The average Bonchev–Trinajstić information content (AvgIpc) is 3.80. The van der Waals surface area contributed by atoms with Crippen LogP contribution in [0.4, 0.5) is 9.18 Å². The monoisotopic (exact) mass is 627 g/mol. The lowest BCUT2D eigenvalue weighted by molar-refractivity contribution is -0.145. The zero-order valence-electron chi connectivity index (χ0n) is 27.1. The minimum Gasteiger partial charge on any atom is -0.363 e. The molecule has 1 aromatic rings. The lowest BCUT2D eigenvalue weighted by atomic mass is 9.85. The number of ketones is 2. The number of hydrogen-bond donors (Lipinski definition) is 4. The molecule has 12 heteroatoms. The quantitative estimate of drug-likeness (QED) is 0.205. The second-order valence-electron chi connectivity index (χ2n) is 14.9. The van der Waals surface area contributed by atoms with Crippen molar-refractivity contribution in [1.82, 2.24) is 20.9 Å². The van der Waals surface area contributed by atoms with Gasteiger partial charge in [0.15, 0.2) is 5.78 Å². The molecule has 1 saturated heterocycles. The number of Topliss-reactive ketones (excluding diaryl/α,β-unsaturated/α-hetero) is 2. The number of carbonyl (C=O) groups excluding carboxylic acids is 6. The molecule has 0 spiro atoms. The summed E-state index contributed by atoms with van der Waals surface area (Å²) < 4.78 is 13.4. The number of amides is 5. The van der Waals surface area contributed by atoms with Gasteiger partial charge < -0.3 is 26.6 Å².